The summed E-state index contributed by atoms with van der Waals surface area (Å²) in [5, 5.41) is 22.7. The van der Waals surface area contributed by atoms with Crippen LogP contribution in [0.4, 0.5) is 5.69 Å². The maximum Gasteiger partial charge on any atom is 0.337 e. The van der Waals surface area contributed by atoms with E-state index in [-0.39, 0.29) is 11.5 Å². The maximum absolute atomic E-state index is 12.0. The van der Waals surface area contributed by atoms with Gasteiger partial charge < -0.3 is 24.7 Å². The van der Waals surface area contributed by atoms with E-state index < -0.39 is 29.8 Å². The Morgan fingerprint density at radius 1 is 1.25 bits per heavy atom. The molecule has 0 radical (unpaired) electrons. The van der Waals surface area contributed by atoms with Gasteiger partial charge >= 0.3 is 5.97 Å². The molecule has 0 fully saturated rings. The van der Waals surface area contributed by atoms with Gasteiger partial charge in [0.15, 0.2) is 5.76 Å². The molecule has 0 aliphatic carbocycles. The number of aromatic hydroxyl groups is 1. The van der Waals surface area contributed by atoms with Gasteiger partial charge in [-0.15, -0.1) is 0 Å². The van der Waals surface area contributed by atoms with Crippen LogP contribution in [0.1, 0.15) is 33.6 Å². The smallest absolute Gasteiger partial charge is 0.337 e. The molecular formula is C20H18N2O6. The van der Waals surface area contributed by atoms with Crippen molar-refractivity contribution in [3.05, 3.63) is 87.7 Å². The van der Waals surface area contributed by atoms with E-state index in [0.29, 0.717) is 16.9 Å². The van der Waals surface area contributed by atoms with Crippen molar-refractivity contribution in [2.24, 2.45) is 0 Å². The number of aromatic nitrogens is 1. The first kappa shape index (κ1) is 19.1. The summed E-state index contributed by atoms with van der Waals surface area (Å²) < 4.78 is 10.2. The van der Waals surface area contributed by atoms with E-state index in [1.165, 1.54) is 7.11 Å². The molecule has 28 heavy (non-hydrogen) atoms. The molecule has 0 saturated carbocycles. The Bertz CT molecular complexity index is 1020. The van der Waals surface area contributed by atoms with Gasteiger partial charge in [-0.25, -0.2) is 4.79 Å². The number of esters is 1. The molecule has 0 aliphatic rings. The van der Waals surface area contributed by atoms with Crippen molar-refractivity contribution in [2.75, 3.05) is 12.4 Å². The minimum atomic E-state index is -0.815. The summed E-state index contributed by atoms with van der Waals surface area (Å²) in [5.41, 5.74) is 0.765. The Labute approximate surface area is 160 Å². The molecule has 0 amide bonds. The molecule has 2 aromatic heterocycles. The number of aliphatic hydroxyl groups excluding tert-OH is 1. The highest BCUT2D eigenvalue weighted by Crippen LogP contribution is 2.30. The first-order valence-corrected chi connectivity index (χ1v) is 8.36. The van der Waals surface area contributed by atoms with Crippen molar-refractivity contribution in [1.29, 1.82) is 0 Å². The fraction of sp³-hybridized carbons (Fsp3) is 0.150. The number of pyridine rings is 1. The number of anilines is 1. The summed E-state index contributed by atoms with van der Waals surface area (Å²) in [6.07, 6.45) is 1.56. The van der Waals surface area contributed by atoms with Crippen LogP contribution >= 0.6 is 0 Å². The van der Waals surface area contributed by atoms with Crippen molar-refractivity contribution < 1.29 is 24.2 Å². The van der Waals surface area contributed by atoms with Crippen LogP contribution in [0, 0.1) is 0 Å². The van der Waals surface area contributed by atoms with E-state index >= 15 is 0 Å². The summed E-state index contributed by atoms with van der Waals surface area (Å²) in [6, 6.07) is 11.8. The van der Waals surface area contributed by atoms with Gasteiger partial charge in [-0.2, -0.15) is 0 Å². The molecule has 1 atom stereocenters. The number of hydrogen-bond acceptors (Lipinski definition) is 8. The quantitative estimate of drug-likeness (QED) is 0.555. The summed E-state index contributed by atoms with van der Waals surface area (Å²) >= 11 is 0. The second kappa shape index (κ2) is 8.36. The van der Waals surface area contributed by atoms with Gasteiger partial charge in [0.1, 0.15) is 18.4 Å². The van der Waals surface area contributed by atoms with Crippen molar-refractivity contribution in [3.8, 4) is 5.75 Å². The van der Waals surface area contributed by atoms with Gasteiger partial charge in [-0.1, -0.05) is 6.07 Å². The molecule has 2 heterocycles. The van der Waals surface area contributed by atoms with Crippen molar-refractivity contribution >= 4 is 11.7 Å². The third-order valence-electron chi connectivity index (χ3n) is 4.02. The lowest BCUT2D eigenvalue weighted by molar-refractivity contribution is 0.0600. The second-order valence-electron chi connectivity index (χ2n) is 5.85. The second-order valence-corrected chi connectivity index (χ2v) is 5.85. The van der Waals surface area contributed by atoms with Gasteiger partial charge in [-0.3, -0.25) is 9.78 Å². The topological polar surface area (TPSA) is 122 Å². The number of carbonyl (C=O) groups is 1. The van der Waals surface area contributed by atoms with E-state index in [1.807, 2.05) is 0 Å². The summed E-state index contributed by atoms with van der Waals surface area (Å²) in [7, 11) is 1.30. The highest BCUT2D eigenvalue weighted by molar-refractivity contribution is 5.89. The Kier molecular flexibility index (Phi) is 5.71. The van der Waals surface area contributed by atoms with Crippen LogP contribution in [-0.2, 0) is 11.3 Å². The Balaban J connectivity index is 2.03. The molecule has 8 nitrogen and oxygen atoms in total. The third kappa shape index (κ3) is 4.02. The molecule has 3 rings (SSSR count). The molecule has 1 aromatic carbocycles. The number of rotatable bonds is 6. The van der Waals surface area contributed by atoms with Crippen LogP contribution in [0.3, 0.4) is 0 Å². The summed E-state index contributed by atoms with van der Waals surface area (Å²) in [5.74, 6) is -1.10. The Morgan fingerprint density at radius 3 is 2.61 bits per heavy atom. The molecule has 1 unspecified atom stereocenters. The Morgan fingerprint density at radius 2 is 2.00 bits per heavy atom. The van der Waals surface area contributed by atoms with Gasteiger partial charge in [0, 0.05) is 18.0 Å². The first-order valence-electron chi connectivity index (χ1n) is 8.36. The van der Waals surface area contributed by atoms with E-state index in [0.717, 1.165) is 6.07 Å². The third-order valence-corrected chi connectivity index (χ3v) is 4.02. The summed E-state index contributed by atoms with van der Waals surface area (Å²) in [4.78, 5) is 27.9. The molecule has 0 bridgehead atoms. The van der Waals surface area contributed by atoms with Gasteiger partial charge in [0.05, 0.1) is 18.4 Å². The monoisotopic (exact) mass is 382 g/mol. The molecule has 144 valence electrons. The number of nitrogens with one attached hydrogen (secondary N) is 1. The average Bonchev–Trinajstić information content (AvgIpc) is 2.74. The van der Waals surface area contributed by atoms with E-state index in [9.17, 15) is 19.8 Å². The Hall–Kier alpha value is -3.65. The van der Waals surface area contributed by atoms with Crippen LogP contribution in [0.5, 0.6) is 5.75 Å². The highest BCUT2D eigenvalue weighted by Gasteiger charge is 2.24. The number of methoxy groups -OCH3 is 1. The number of aliphatic hydroxyl groups is 1. The van der Waals surface area contributed by atoms with Crippen molar-refractivity contribution in [3.63, 3.8) is 0 Å². The zero-order valence-corrected chi connectivity index (χ0v) is 15.0. The fourth-order valence-electron chi connectivity index (χ4n) is 2.64. The highest BCUT2D eigenvalue weighted by atomic mass is 16.5. The van der Waals surface area contributed by atoms with Crippen molar-refractivity contribution in [2.45, 2.75) is 12.6 Å². The van der Waals surface area contributed by atoms with E-state index in [4.69, 9.17) is 4.42 Å². The summed E-state index contributed by atoms with van der Waals surface area (Å²) in [6.45, 7) is -0.495. The standard InChI is InChI=1S/C20H18N2O6/c1-27-20(26)12-5-7-13(8-6-12)22-17(15-4-2-3-9-21-15)19-18(25)16(24)10-14(11-23)28-19/h2-10,17,22-23,25H,11H2,1H3. The van der Waals surface area contributed by atoms with E-state index in [1.54, 1.807) is 48.7 Å². The number of carbonyl (C=O) groups excluding carboxylic acids is 1. The van der Waals surface area contributed by atoms with Crippen LogP contribution in [0.25, 0.3) is 0 Å². The molecular weight excluding hydrogens is 364 g/mol. The number of hydrogen-bond donors (Lipinski definition) is 3. The normalized spacial score (nSPS) is 11.6. The molecule has 3 N–H and O–H groups in total. The zero-order valence-electron chi connectivity index (χ0n) is 15.0. The number of benzene rings is 1. The SMILES string of the molecule is COC(=O)c1ccc(NC(c2ccccn2)c2oc(CO)cc(=O)c2O)cc1. The van der Waals surface area contributed by atoms with Gasteiger partial charge in [-0.05, 0) is 36.4 Å². The average molecular weight is 382 g/mol. The minimum Gasteiger partial charge on any atom is -0.502 e. The molecule has 0 aliphatic heterocycles. The van der Waals surface area contributed by atoms with Crippen LogP contribution in [0.15, 0.2) is 63.9 Å². The lowest BCUT2D eigenvalue weighted by atomic mass is 10.1. The molecule has 3 aromatic rings. The lowest BCUT2D eigenvalue weighted by Gasteiger charge is -2.20. The van der Waals surface area contributed by atoms with E-state index in [2.05, 4.69) is 15.0 Å². The largest absolute Gasteiger partial charge is 0.502 e. The van der Waals surface area contributed by atoms with Gasteiger partial charge in [0.25, 0.3) is 0 Å². The van der Waals surface area contributed by atoms with Crippen LogP contribution in [-0.4, -0.2) is 28.3 Å². The lowest BCUT2D eigenvalue weighted by Crippen LogP contribution is -2.17. The fourth-order valence-corrected chi connectivity index (χ4v) is 2.64. The predicted octanol–water partition coefficient (Wildman–Crippen LogP) is 2.22. The number of nitrogens with zero attached hydrogens (tertiary/aromatic N) is 1. The zero-order chi connectivity index (χ0) is 20.1. The predicted molar refractivity (Wildman–Crippen MR) is 100 cm³/mol. The van der Waals surface area contributed by atoms with Crippen LogP contribution in [0.2, 0.25) is 0 Å². The first-order chi connectivity index (χ1) is 13.5. The van der Waals surface area contributed by atoms with Crippen molar-refractivity contribution in [1.82, 2.24) is 4.98 Å². The molecule has 0 saturated heterocycles. The maximum atomic E-state index is 12.0. The minimum absolute atomic E-state index is 0.0153. The molecule has 8 heteroatoms. The van der Waals surface area contributed by atoms with Crippen LogP contribution < -0.4 is 10.7 Å². The number of ether oxygens (including phenoxy) is 1. The van der Waals surface area contributed by atoms with Gasteiger partial charge in [0.2, 0.25) is 11.2 Å². The molecule has 0 spiro atoms.